The average Bonchev–Trinajstić information content (AvgIpc) is 2.38. The van der Waals surface area contributed by atoms with E-state index in [9.17, 15) is 13.2 Å². The van der Waals surface area contributed by atoms with E-state index in [1.165, 1.54) is 6.07 Å². The van der Waals surface area contributed by atoms with Crippen molar-refractivity contribution < 1.29 is 17.9 Å². The highest BCUT2D eigenvalue weighted by Gasteiger charge is 2.35. The summed E-state index contributed by atoms with van der Waals surface area (Å²) >= 11 is 0. The molecular weight excluding hydrogens is 267 g/mol. The lowest BCUT2D eigenvalue weighted by Gasteiger charge is -2.28. The van der Waals surface area contributed by atoms with Crippen LogP contribution in [0.5, 0.6) is 5.75 Å². The fraction of sp³-hybridized carbons (Fsp3) is 0.600. The summed E-state index contributed by atoms with van der Waals surface area (Å²) < 4.78 is 44.8. The van der Waals surface area contributed by atoms with Crippen LogP contribution in [0.4, 0.5) is 13.2 Å². The highest BCUT2D eigenvalue weighted by Crippen LogP contribution is 2.38. The van der Waals surface area contributed by atoms with Gasteiger partial charge in [0, 0.05) is 6.54 Å². The van der Waals surface area contributed by atoms with Crippen LogP contribution in [0.15, 0.2) is 18.2 Å². The Hall–Kier alpha value is -1.23. The smallest absolute Gasteiger partial charge is 0.419 e. The monoisotopic (exact) mass is 287 g/mol. The number of hydrogen-bond donors (Lipinski definition) is 1. The molecule has 1 aromatic carbocycles. The Kier molecular flexibility index (Phi) is 4.58. The van der Waals surface area contributed by atoms with E-state index in [1.807, 2.05) is 0 Å². The van der Waals surface area contributed by atoms with Crippen LogP contribution in [-0.4, -0.2) is 6.10 Å². The molecule has 112 valence electrons. The third-order valence-electron chi connectivity index (χ3n) is 3.77. The van der Waals surface area contributed by atoms with E-state index in [1.54, 1.807) is 6.07 Å². The third kappa shape index (κ3) is 3.66. The average molecular weight is 287 g/mol. The maximum atomic E-state index is 13.1. The molecule has 2 nitrogen and oxygen atoms in total. The summed E-state index contributed by atoms with van der Waals surface area (Å²) in [4.78, 5) is 0. The second-order valence-corrected chi connectivity index (χ2v) is 5.54. The number of hydrogen-bond acceptors (Lipinski definition) is 2. The van der Waals surface area contributed by atoms with Crippen molar-refractivity contribution in [2.24, 2.45) is 11.7 Å². The van der Waals surface area contributed by atoms with Gasteiger partial charge in [-0.05, 0) is 42.9 Å². The Labute approximate surface area is 117 Å². The van der Waals surface area contributed by atoms with Crippen molar-refractivity contribution in [3.05, 3.63) is 29.3 Å². The SMILES string of the molecule is CC1CCCC(Oc2ccc(CN)cc2C(F)(F)F)C1. The summed E-state index contributed by atoms with van der Waals surface area (Å²) in [7, 11) is 0. The van der Waals surface area contributed by atoms with Gasteiger partial charge in [-0.15, -0.1) is 0 Å². The van der Waals surface area contributed by atoms with Crippen molar-refractivity contribution >= 4 is 0 Å². The summed E-state index contributed by atoms with van der Waals surface area (Å²) in [6, 6.07) is 4.07. The van der Waals surface area contributed by atoms with Gasteiger partial charge in [0.25, 0.3) is 0 Å². The lowest BCUT2D eigenvalue weighted by Crippen LogP contribution is -2.25. The van der Waals surface area contributed by atoms with Crippen molar-refractivity contribution in [2.75, 3.05) is 0 Å². The van der Waals surface area contributed by atoms with Crippen LogP contribution < -0.4 is 10.5 Å². The fourth-order valence-corrected chi connectivity index (χ4v) is 2.69. The van der Waals surface area contributed by atoms with Gasteiger partial charge in [-0.3, -0.25) is 0 Å². The molecule has 2 atom stereocenters. The van der Waals surface area contributed by atoms with Gasteiger partial charge in [0.05, 0.1) is 11.7 Å². The minimum Gasteiger partial charge on any atom is -0.490 e. The summed E-state index contributed by atoms with van der Waals surface area (Å²) in [6.45, 7) is 2.20. The Morgan fingerprint density at radius 1 is 1.30 bits per heavy atom. The highest BCUT2D eigenvalue weighted by molar-refractivity contribution is 5.39. The molecule has 0 spiro atoms. The van der Waals surface area contributed by atoms with Gasteiger partial charge in [0.1, 0.15) is 5.75 Å². The Balaban J connectivity index is 2.22. The normalized spacial score (nSPS) is 23.6. The second-order valence-electron chi connectivity index (χ2n) is 5.54. The van der Waals surface area contributed by atoms with E-state index in [-0.39, 0.29) is 18.4 Å². The molecule has 1 aromatic rings. The molecule has 20 heavy (non-hydrogen) atoms. The van der Waals surface area contributed by atoms with Gasteiger partial charge in [0.2, 0.25) is 0 Å². The van der Waals surface area contributed by atoms with Crippen LogP contribution >= 0.6 is 0 Å². The number of benzene rings is 1. The van der Waals surface area contributed by atoms with Gasteiger partial charge in [-0.25, -0.2) is 0 Å². The largest absolute Gasteiger partial charge is 0.490 e. The molecule has 1 saturated carbocycles. The molecule has 0 bridgehead atoms. The fourth-order valence-electron chi connectivity index (χ4n) is 2.69. The molecule has 0 aliphatic heterocycles. The summed E-state index contributed by atoms with van der Waals surface area (Å²) in [5.41, 5.74) is 5.14. The Morgan fingerprint density at radius 2 is 2.05 bits per heavy atom. The van der Waals surface area contributed by atoms with Crippen molar-refractivity contribution in [3.8, 4) is 5.75 Å². The molecule has 5 heteroatoms. The maximum Gasteiger partial charge on any atom is 0.419 e. The summed E-state index contributed by atoms with van der Waals surface area (Å²) in [5, 5.41) is 0. The first-order chi connectivity index (χ1) is 9.40. The third-order valence-corrected chi connectivity index (χ3v) is 3.77. The lowest BCUT2D eigenvalue weighted by molar-refractivity contribution is -0.139. The number of ether oxygens (including phenoxy) is 1. The van der Waals surface area contributed by atoms with Crippen LogP contribution in [-0.2, 0) is 12.7 Å². The van der Waals surface area contributed by atoms with Gasteiger partial charge in [0.15, 0.2) is 0 Å². The van der Waals surface area contributed by atoms with E-state index in [0.29, 0.717) is 11.5 Å². The molecule has 0 aromatic heterocycles. The van der Waals surface area contributed by atoms with Crippen LogP contribution in [0, 0.1) is 5.92 Å². The Morgan fingerprint density at radius 3 is 2.65 bits per heavy atom. The van der Waals surface area contributed by atoms with E-state index in [2.05, 4.69) is 6.92 Å². The zero-order valence-electron chi connectivity index (χ0n) is 11.5. The summed E-state index contributed by atoms with van der Waals surface area (Å²) in [6.07, 6.45) is -0.771. The molecule has 1 fully saturated rings. The second kappa shape index (κ2) is 6.04. The van der Waals surface area contributed by atoms with E-state index in [4.69, 9.17) is 10.5 Å². The predicted molar refractivity (Wildman–Crippen MR) is 71.4 cm³/mol. The number of alkyl halides is 3. The van der Waals surface area contributed by atoms with Crippen molar-refractivity contribution in [3.63, 3.8) is 0 Å². The zero-order chi connectivity index (χ0) is 14.8. The standard InChI is InChI=1S/C15H20F3NO/c1-10-3-2-4-12(7-10)20-14-6-5-11(9-19)8-13(14)15(16,17)18/h5-6,8,10,12H,2-4,7,9,19H2,1H3. The van der Waals surface area contributed by atoms with Crippen LogP contribution in [0.1, 0.15) is 43.7 Å². The van der Waals surface area contributed by atoms with Crippen LogP contribution in [0.3, 0.4) is 0 Å². The van der Waals surface area contributed by atoms with Gasteiger partial charge in [-0.1, -0.05) is 19.4 Å². The highest BCUT2D eigenvalue weighted by atomic mass is 19.4. The molecular formula is C15H20F3NO. The van der Waals surface area contributed by atoms with E-state index < -0.39 is 11.7 Å². The van der Waals surface area contributed by atoms with Gasteiger partial charge >= 0.3 is 6.18 Å². The van der Waals surface area contributed by atoms with Crippen LogP contribution in [0.25, 0.3) is 0 Å². The topological polar surface area (TPSA) is 35.2 Å². The van der Waals surface area contributed by atoms with Crippen LogP contribution in [0.2, 0.25) is 0 Å². The number of halogens is 3. The zero-order valence-corrected chi connectivity index (χ0v) is 11.5. The minimum absolute atomic E-state index is 0.0752. The molecule has 0 heterocycles. The first-order valence-electron chi connectivity index (χ1n) is 6.97. The van der Waals surface area contributed by atoms with E-state index in [0.717, 1.165) is 31.7 Å². The molecule has 2 rings (SSSR count). The lowest BCUT2D eigenvalue weighted by atomic mass is 9.88. The number of rotatable bonds is 3. The Bertz CT molecular complexity index is 459. The first-order valence-corrected chi connectivity index (χ1v) is 6.97. The molecule has 0 radical (unpaired) electrons. The molecule has 0 saturated heterocycles. The van der Waals surface area contributed by atoms with Crippen molar-refractivity contribution in [1.82, 2.24) is 0 Å². The molecule has 1 aliphatic rings. The first kappa shape index (κ1) is 15.2. The van der Waals surface area contributed by atoms with Crippen molar-refractivity contribution in [1.29, 1.82) is 0 Å². The quantitative estimate of drug-likeness (QED) is 0.907. The molecule has 1 aliphatic carbocycles. The van der Waals surface area contributed by atoms with Gasteiger partial charge < -0.3 is 10.5 Å². The predicted octanol–water partition coefficient (Wildman–Crippen LogP) is 4.12. The summed E-state index contributed by atoms with van der Waals surface area (Å²) in [5.74, 6) is 0.431. The molecule has 0 amide bonds. The van der Waals surface area contributed by atoms with E-state index >= 15 is 0 Å². The number of nitrogens with two attached hydrogens (primary N) is 1. The molecule has 2 unspecified atom stereocenters. The molecule has 2 N–H and O–H groups in total. The van der Waals surface area contributed by atoms with Crippen molar-refractivity contribution in [2.45, 2.75) is 51.4 Å². The maximum absolute atomic E-state index is 13.1. The minimum atomic E-state index is -4.42. The van der Waals surface area contributed by atoms with Gasteiger partial charge in [-0.2, -0.15) is 13.2 Å².